The number of rotatable bonds is 3. The van der Waals surface area contributed by atoms with Crippen LogP contribution in [0.5, 0.6) is 0 Å². The number of amides is 1. The van der Waals surface area contributed by atoms with Crippen molar-refractivity contribution < 1.29 is 4.79 Å². The van der Waals surface area contributed by atoms with E-state index in [-0.39, 0.29) is 11.9 Å². The number of benzene rings is 1. The fourth-order valence-electron chi connectivity index (χ4n) is 2.10. The minimum Gasteiger partial charge on any atom is -0.349 e. The van der Waals surface area contributed by atoms with Gasteiger partial charge in [0.05, 0.1) is 12.1 Å². The molecule has 1 aliphatic carbocycles. The minimum absolute atomic E-state index is 0.0410. The fraction of sp³-hybridized carbons (Fsp3) is 0.438. The van der Waals surface area contributed by atoms with Crippen LogP contribution in [0, 0.1) is 24.7 Å². The van der Waals surface area contributed by atoms with Crippen LogP contribution in [0.4, 0.5) is 0 Å². The van der Waals surface area contributed by atoms with Crippen LogP contribution < -0.4 is 11.1 Å². The molecule has 19 heavy (non-hydrogen) atoms. The van der Waals surface area contributed by atoms with Crippen molar-refractivity contribution in [2.24, 2.45) is 11.7 Å². The predicted octanol–water partition coefficient (Wildman–Crippen LogP) is 1.83. The molecule has 1 aromatic carbocycles. The molecule has 0 aliphatic heterocycles. The molecule has 1 aliphatic rings. The molecular formula is C16H20N2O. The highest BCUT2D eigenvalue weighted by molar-refractivity contribution is 5.97. The summed E-state index contributed by atoms with van der Waals surface area (Å²) in [6.07, 6.45) is 2.43. The second-order valence-corrected chi connectivity index (χ2v) is 5.15. The second kappa shape index (κ2) is 5.90. The third kappa shape index (κ3) is 3.59. The average Bonchev–Trinajstić information content (AvgIpc) is 3.20. The Balaban J connectivity index is 2.19. The lowest BCUT2D eigenvalue weighted by Gasteiger charge is -2.14. The molecule has 1 unspecified atom stereocenters. The highest BCUT2D eigenvalue weighted by atomic mass is 16.1. The summed E-state index contributed by atoms with van der Waals surface area (Å²) in [4.78, 5) is 12.3. The summed E-state index contributed by atoms with van der Waals surface area (Å²) < 4.78 is 0. The highest BCUT2D eigenvalue weighted by Gasteiger charge is 2.29. The van der Waals surface area contributed by atoms with E-state index in [2.05, 4.69) is 24.1 Å². The Bertz CT molecular complexity index is 535. The van der Waals surface area contributed by atoms with Gasteiger partial charge < -0.3 is 11.1 Å². The molecule has 1 saturated carbocycles. The molecule has 100 valence electrons. The predicted molar refractivity (Wildman–Crippen MR) is 76.8 cm³/mol. The van der Waals surface area contributed by atoms with Gasteiger partial charge in [-0.2, -0.15) is 0 Å². The molecule has 0 saturated heterocycles. The fourth-order valence-corrected chi connectivity index (χ4v) is 2.10. The Morgan fingerprint density at radius 2 is 2.26 bits per heavy atom. The van der Waals surface area contributed by atoms with Crippen LogP contribution in [0.3, 0.4) is 0 Å². The first-order valence-corrected chi connectivity index (χ1v) is 6.72. The monoisotopic (exact) mass is 256 g/mol. The Morgan fingerprint density at radius 1 is 1.53 bits per heavy atom. The van der Waals surface area contributed by atoms with Crippen molar-refractivity contribution >= 4 is 5.91 Å². The van der Waals surface area contributed by atoms with Gasteiger partial charge >= 0.3 is 0 Å². The lowest BCUT2D eigenvalue weighted by Crippen LogP contribution is -2.34. The van der Waals surface area contributed by atoms with Gasteiger partial charge in [-0.25, -0.2) is 0 Å². The first-order valence-electron chi connectivity index (χ1n) is 6.72. The quantitative estimate of drug-likeness (QED) is 0.811. The van der Waals surface area contributed by atoms with Gasteiger partial charge in [-0.3, -0.25) is 4.79 Å². The van der Waals surface area contributed by atoms with E-state index in [1.165, 1.54) is 12.8 Å². The molecular weight excluding hydrogens is 236 g/mol. The van der Waals surface area contributed by atoms with E-state index in [0.29, 0.717) is 18.0 Å². The lowest BCUT2D eigenvalue weighted by atomic mass is 10.0. The molecule has 0 aromatic heterocycles. The van der Waals surface area contributed by atoms with Crippen LogP contribution >= 0.6 is 0 Å². The van der Waals surface area contributed by atoms with Gasteiger partial charge in [-0.1, -0.05) is 17.9 Å². The van der Waals surface area contributed by atoms with E-state index in [9.17, 15) is 4.79 Å². The lowest BCUT2D eigenvalue weighted by molar-refractivity contribution is 0.0935. The van der Waals surface area contributed by atoms with E-state index in [0.717, 1.165) is 11.1 Å². The van der Waals surface area contributed by atoms with E-state index in [4.69, 9.17) is 5.73 Å². The van der Waals surface area contributed by atoms with Crippen LogP contribution in [0.2, 0.25) is 0 Å². The minimum atomic E-state index is -0.0410. The zero-order valence-corrected chi connectivity index (χ0v) is 11.5. The van der Waals surface area contributed by atoms with Crippen molar-refractivity contribution in [2.75, 3.05) is 6.54 Å². The van der Waals surface area contributed by atoms with Crippen molar-refractivity contribution in [2.45, 2.75) is 32.7 Å². The smallest absolute Gasteiger partial charge is 0.252 e. The Kier molecular flexibility index (Phi) is 4.24. The summed E-state index contributed by atoms with van der Waals surface area (Å²) in [6.45, 7) is 4.35. The Morgan fingerprint density at radius 3 is 2.89 bits per heavy atom. The van der Waals surface area contributed by atoms with Gasteiger partial charge in [0, 0.05) is 11.6 Å². The van der Waals surface area contributed by atoms with Crippen LogP contribution in [0.1, 0.15) is 41.3 Å². The topological polar surface area (TPSA) is 55.1 Å². The van der Waals surface area contributed by atoms with Gasteiger partial charge in [-0.05, 0) is 50.3 Å². The summed E-state index contributed by atoms with van der Waals surface area (Å²) in [7, 11) is 0. The zero-order chi connectivity index (χ0) is 13.8. The number of nitrogens with one attached hydrogen (secondary N) is 1. The summed E-state index contributed by atoms with van der Waals surface area (Å²) in [6, 6.07) is 5.94. The molecule has 1 aromatic rings. The number of hydrogen-bond donors (Lipinski definition) is 2. The maximum absolute atomic E-state index is 12.3. The van der Waals surface area contributed by atoms with E-state index in [1.54, 1.807) is 0 Å². The molecule has 3 N–H and O–H groups in total. The first kappa shape index (κ1) is 13.6. The molecule has 2 rings (SSSR count). The van der Waals surface area contributed by atoms with E-state index < -0.39 is 0 Å². The van der Waals surface area contributed by atoms with Gasteiger partial charge in [0.2, 0.25) is 0 Å². The number of aryl methyl sites for hydroxylation is 1. The molecule has 0 heterocycles. The van der Waals surface area contributed by atoms with Gasteiger partial charge in [0.1, 0.15) is 0 Å². The molecule has 1 fully saturated rings. The summed E-state index contributed by atoms with van der Waals surface area (Å²) >= 11 is 0. The van der Waals surface area contributed by atoms with Crippen molar-refractivity contribution in [1.82, 2.24) is 5.32 Å². The van der Waals surface area contributed by atoms with E-state index in [1.807, 2.05) is 25.1 Å². The van der Waals surface area contributed by atoms with Crippen molar-refractivity contribution in [1.29, 1.82) is 0 Å². The van der Waals surface area contributed by atoms with Crippen LogP contribution in [-0.4, -0.2) is 18.5 Å². The standard InChI is InChI=1S/C16H20N2O/c1-11-5-8-15(14(10-11)4-3-9-17)16(19)18-12(2)13-6-7-13/h5,8,10,12-13H,6-7,9,17H2,1-2H3,(H,18,19). The third-order valence-corrected chi connectivity index (χ3v) is 3.43. The van der Waals surface area contributed by atoms with Crippen molar-refractivity contribution in [3.8, 4) is 11.8 Å². The summed E-state index contributed by atoms with van der Waals surface area (Å²) in [5.74, 6) is 6.40. The summed E-state index contributed by atoms with van der Waals surface area (Å²) in [5, 5.41) is 3.06. The van der Waals surface area contributed by atoms with Crippen LogP contribution in [0.15, 0.2) is 18.2 Å². The molecule has 0 spiro atoms. The molecule has 0 radical (unpaired) electrons. The first-order chi connectivity index (χ1) is 9.11. The Labute approximate surface area is 114 Å². The number of carbonyl (C=O) groups excluding carboxylic acids is 1. The second-order valence-electron chi connectivity index (χ2n) is 5.15. The molecule has 1 atom stereocenters. The zero-order valence-electron chi connectivity index (χ0n) is 11.5. The molecule has 1 amide bonds. The van der Waals surface area contributed by atoms with Gasteiger partial charge in [-0.15, -0.1) is 0 Å². The Hall–Kier alpha value is -1.79. The van der Waals surface area contributed by atoms with Crippen LogP contribution in [-0.2, 0) is 0 Å². The molecule has 3 nitrogen and oxygen atoms in total. The summed E-state index contributed by atoms with van der Waals surface area (Å²) in [5.41, 5.74) is 7.88. The van der Waals surface area contributed by atoms with Gasteiger partial charge in [0.15, 0.2) is 0 Å². The van der Waals surface area contributed by atoms with Crippen LogP contribution in [0.25, 0.3) is 0 Å². The van der Waals surface area contributed by atoms with E-state index >= 15 is 0 Å². The number of hydrogen-bond acceptors (Lipinski definition) is 2. The van der Waals surface area contributed by atoms with Crippen molar-refractivity contribution in [3.05, 3.63) is 34.9 Å². The normalized spacial score (nSPS) is 15.3. The van der Waals surface area contributed by atoms with Gasteiger partial charge in [0.25, 0.3) is 5.91 Å². The maximum Gasteiger partial charge on any atom is 0.252 e. The highest BCUT2D eigenvalue weighted by Crippen LogP contribution is 2.32. The SMILES string of the molecule is Cc1ccc(C(=O)NC(C)C2CC2)c(C#CCN)c1. The molecule has 0 bridgehead atoms. The number of nitrogens with two attached hydrogens (primary N) is 1. The van der Waals surface area contributed by atoms with Crippen molar-refractivity contribution in [3.63, 3.8) is 0 Å². The maximum atomic E-state index is 12.3. The largest absolute Gasteiger partial charge is 0.349 e. The number of carbonyl (C=O) groups is 1. The average molecular weight is 256 g/mol. The molecule has 3 heteroatoms. The third-order valence-electron chi connectivity index (χ3n) is 3.43.